The molecule has 1 saturated heterocycles. The van der Waals surface area contributed by atoms with E-state index >= 15 is 0 Å². The highest BCUT2D eigenvalue weighted by molar-refractivity contribution is 4.79. The van der Waals surface area contributed by atoms with Gasteiger partial charge in [-0.1, -0.05) is 27.7 Å². The van der Waals surface area contributed by atoms with Crippen molar-refractivity contribution in [2.24, 2.45) is 11.8 Å². The fourth-order valence-electron chi connectivity index (χ4n) is 2.46. The highest BCUT2D eigenvalue weighted by Crippen LogP contribution is 2.24. The summed E-state index contributed by atoms with van der Waals surface area (Å²) in [6, 6.07) is 1.36. The first-order chi connectivity index (χ1) is 7.50. The SMILES string of the molecule is CC(C)NCCC(C)N1CCC(C)C(C)C1. The lowest BCUT2D eigenvalue weighted by Crippen LogP contribution is -2.44. The third kappa shape index (κ3) is 4.42. The summed E-state index contributed by atoms with van der Waals surface area (Å²) in [5.74, 6) is 1.78. The maximum atomic E-state index is 3.51. The van der Waals surface area contributed by atoms with Gasteiger partial charge >= 0.3 is 0 Å². The van der Waals surface area contributed by atoms with E-state index in [1.165, 1.54) is 25.9 Å². The number of hydrogen-bond donors (Lipinski definition) is 1. The molecular weight excluding hydrogens is 196 g/mol. The molecule has 1 aliphatic heterocycles. The highest BCUT2D eigenvalue weighted by atomic mass is 15.2. The molecule has 3 unspecified atom stereocenters. The van der Waals surface area contributed by atoms with Gasteiger partial charge in [0, 0.05) is 18.6 Å². The molecule has 1 rings (SSSR count). The monoisotopic (exact) mass is 226 g/mol. The van der Waals surface area contributed by atoms with Crippen LogP contribution in [-0.4, -0.2) is 36.6 Å². The van der Waals surface area contributed by atoms with Crippen LogP contribution in [0.5, 0.6) is 0 Å². The van der Waals surface area contributed by atoms with Crippen LogP contribution < -0.4 is 5.32 Å². The summed E-state index contributed by atoms with van der Waals surface area (Å²) in [6.45, 7) is 15.4. The Hall–Kier alpha value is -0.0800. The molecule has 1 heterocycles. The summed E-state index contributed by atoms with van der Waals surface area (Å²) in [7, 11) is 0. The zero-order chi connectivity index (χ0) is 12.1. The summed E-state index contributed by atoms with van der Waals surface area (Å²) < 4.78 is 0. The van der Waals surface area contributed by atoms with Crippen molar-refractivity contribution in [3.8, 4) is 0 Å². The van der Waals surface area contributed by atoms with Crippen molar-refractivity contribution in [2.75, 3.05) is 19.6 Å². The molecule has 0 aliphatic carbocycles. The van der Waals surface area contributed by atoms with Crippen LogP contribution in [0, 0.1) is 11.8 Å². The fraction of sp³-hybridized carbons (Fsp3) is 1.00. The first kappa shape index (κ1) is 14.0. The second kappa shape index (κ2) is 6.61. The molecule has 96 valence electrons. The molecule has 0 aromatic carbocycles. The Morgan fingerprint density at radius 2 is 1.88 bits per heavy atom. The van der Waals surface area contributed by atoms with Gasteiger partial charge in [0.15, 0.2) is 0 Å². The molecular formula is C14H30N2. The Morgan fingerprint density at radius 1 is 1.19 bits per heavy atom. The molecule has 3 atom stereocenters. The lowest BCUT2D eigenvalue weighted by atomic mass is 9.88. The van der Waals surface area contributed by atoms with Crippen molar-refractivity contribution in [1.29, 1.82) is 0 Å². The quantitative estimate of drug-likeness (QED) is 0.775. The normalized spacial score (nSPS) is 29.6. The van der Waals surface area contributed by atoms with Crippen molar-refractivity contribution in [1.82, 2.24) is 10.2 Å². The minimum atomic E-state index is 0.618. The van der Waals surface area contributed by atoms with Gasteiger partial charge in [-0.3, -0.25) is 0 Å². The van der Waals surface area contributed by atoms with Gasteiger partial charge in [0.2, 0.25) is 0 Å². The van der Waals surface area contributed by atoms with E-state index in [0.29, 0.717) is 6.04 Å². The van der Waals surface area contributed by atoms with E-state index in [0.717, 1.165) is 24.4 Å². The molecule has 0 spiro atoms. The topological polar surface area (TPSA) is 15.3 Å². The Kier molecular flexibility index (Phi) is 5.77. The summed E-state index contributed by atoms with van der Waals surface area (Å²) >= 11 is 0. The van der Waals surface area contributed by atoms with Crippen molar-refractivity contribution in [3.05, 3.63) is 0 Å². The summed E-state index contributed by atoms with van der Waals surface area (Å²) in [5, 5.41) is 3.51. The van der Waals surface area contributed by atoms with Gasteiger partial charge in [-0.25, -0.2) is 0 Å². The third-order valence-electron chi connectivity index (χ3n) is 4.10. The number of rotatable bonds is 5. The number of likely N-dealkylation sites (tertiary alicyclic amines) is 1. The van der Waals surface area contributed by atoms with E-state index in [4.69, 9.17) is 0 Å². The summed E-state index contributed by atoms with van der Waals surface area (Å²) in [6.07, 6.45) is 2.66. The van der Waals surface area contributed by atoms with Gasteiger partial charge in [-0.15, -0.1) is 0 Å². The first-order valence-corrected chi connectivity index (χ1v) is 6.98. The molecule has 0 aromatic heterocycles. The van der Waals surface area contributed by atoms with Gasteiger partial charge in [0.1, 0.15) is 0 Å². The van der Waals surface area contributed by atoms with E-state index in [2.05, 4.69) is 44.8 Å². The highest BCUT2D eigenvalue weighted by Gasteiger charge is 2.25. The van der Waals surface area contributed by atoms with Gasteiger partial charge in [0.25, 0.3) is 0 Å². The molecule has 0 bridgehead atoms. The summed E-state index contributed by atoms with van der Waals surface area (Å²) in [4.78, 5) is 2.67. The molecule has 1 N–H and O–H groups in total. The molecule has 1 fully saturated rings. The zero-order valence-electron chi connectivity index (χ0n) is 11.8. The van der Waals surface area contributed by atoms with Crippen molar-refractivity contribution in [2.45, 2.75) is 59.5 Å². The van der Waals surface area contributed by atoms with Crippen molar-refractivity contribution < 1.29 is 0 Å². The van der Waals surface area contributed by atoms with Crippen molar-refractivity contribution in [3.63, 3.8) is 0 Å². The number of nitrogens with zero attached hydrogens (tertiary/aromatic N) is 1. The third-order valence-corrected chi connectivity index (χ3v) is 4.10. The van der Waals surface area contributed by atoms with Crippen LogP contribution in [0.3, 0.4) is 0 Å². The van der Waals surface area contributed by atoms with Gasteiger partial charge in [0.05, 0.1) is 0 Å². The molecule has 0 amide bonds. The molecule has 2 nitrogen and oxygen atoms in total. The second-order valence-corrected chi connectivity index (χ2v) is 5.98. The predicted molar refractivity (Wildman–Crippen MR) is 71.7 cm³/mol. The summed E-state index contributed by atoms with van der Waals surface area (Å²) in [5.41, 5.74) is 0. The predicted octanol–water partition coefficient (Wildman–Crippen LogP) is 2.74. The number of nitrogens with one attached hydrogen (secondary N) is 1. The van der Waals surface area contributed by atoms with E-state index in [-0.39, 0.29) is 0 Å². The van der Waals surface area contributed by atoms with Gasteiger partial charge in [-0.2, -0.15) is 0 Å². The molecule has 0 radical (unpaired) electrons. The average Bonchev–Trinajstić information content (AvgIpc) is 2.21. The van der Waals surface area contributed by atoms with E-state index in [1.807, 2.05) is 0 Å². The standard InChI is InChI=1S/C14H30N2/c1-11(2)15-8-6-14(5)16-9-7-12(3)13(4)10-16/h11-15H,6-10H2,1-5H3. The van der Waals surface area contributed by atoms with Gasteiger partial charge in [-0.05, 0) is 44.7 Å². The van der Waals surface area contributed by atoms with Crippen LogP contribution in [0.4, 0.5) is 0 Å². The van der Waals surface area contributed by atoms with E-state index in [9.17, 15) is 0 Å². The van der Waals surface area contributed by atoms with E-state index in [1.54, 1.807) is 0 Å². The van der Waals surface area contributed by atoms with Crippen LogP contribution in [0.15, 0.2) is 0 Å². The maximum Gasteiger partial charge on any atom is 0.00791 e. The lowest BCUT2D eigenvalue weighted by Gasteiger charge is -2.39. The zero-order valence-corrected chi connectivity index (χ0v) is 11.8. The maximum absolute atomic E-state index is 3.51. The van der Waals surface area contributed by atoms with Gasteiger partial charge < -0.3 is 10.2 Å². The first-order valence-electron chi connectivity index (χ1n) is 6.98. The Labute approximate surface area is 102 Å². The Bertz CT molecular complexity index is 191. The number of hydrogen-bond acceptors (Lipinski definition) is 2. The van der Waals surface area contributed by atoms with E-state index < -0.39 is 0 Å². The lowest BCUT2D eigenvalue weighted by molar-refractivity contribution is 0.0984. The van der Waals surface area contributed by atoms with Crippen LogP contribution in [0.2, 0.25) is 0 Å². The molecule has 2 heteroatoms. The Balaban J connectivity index is 2.23. The van der Waals surface area contributed by atoms with Crippen LogP contribution in [0.1, 0.15) is 47.5 Å². The van der Waals surface area contributed by atoms with Crippen molar-refractivity contribution >= 4 is 0 Å². The number of piperidine rings is 1. The van der Waals surface area contributed by atoms with Crippen LogP contribution in [-0.2, 0) is 0 Å². The average molecular weight is 226 g/mol. The molecule has 0 aromatic rings. The fourth-order valence-corrected chi connectivity index (χ4v) is 2.46. The minimum Gasteiger partial charge on any atom is -0.314 e. The van der Waals surface area contributed by atoms with Crippen LogP contribution in [0.25, 0.3) is 0 Å². The second-order valence-electron chi connectivity index (χ2n) is 5.98. The molecule has 1 aliphatic rings. The molecule has 16 heavy (non-hydrogen) atoms. The smallest absolute Gasteiger partial charge is 0.00791 e. The minimum absolute atomic E-state index is 0.618. The molecule has 0 saturated carbocycles. The largest absolute Gasteiger partial charge is 0.314 e. The Morgan fingerprint density at radius 3 is 2.44 bits per heavy atom. The van der Waals surface area contributed by atoms with Crippen LogP contribution >= 0.6 is 0 Å².